The minimum atomic E-state index is 0.802. The molecule has 1 heterocycles. The predicted octanol–water partition coefficient (Wildman–Crippen LogP) is 15.1. The number of para-hydroxylation sites is 6. The third-order valence-electron chi connectivity index (χ3n) is 10.3. The summed E-state index contributed by atoms with van der Waals surface area (Å²) in [6.45, 7) is 0. The molecule has 0 N–H and O–H groups in total. The molecule has 0 spiro atoms. The second-order valence-electron chi connectivity index (χ2n) is 13.8. The van der Waals surface area contributed by atoms with Crippen molar-refractivity contribution in [2.75, 3.05) is 14.7 Å². The van der Waals surface area contributed by atoms with Gasteiger partial charge in [-0.25, -0.2) is 0 Å². The molecule has 0 amide bonds. The fourth-order valence-corrected chi connectivity index (χ4v) is 7.90. The van der Waals surface area contributed by atoms with Crippen LogP contribution in [0.5, 0.6) is 0 Å². The topological polar surface area (TPSA) is 22.9 Å². The molecule has 0 atom stereocenters. The normalized spacial score (nSPS) is 11.2. The zero-order chi connectivity index (χ0) is 37.3. The molecule has 0 aliphatic carbocycles. The second-order valence-corrected chi connectivity index (χ2v) is 13.8. The van der Waals surface area contributed by atoms with Gasteiger partial charge in [0, 0.05) is 50.6 Å². The summed E-state index contributed by atoms with van der Waals surface area (Å²) >= 11 is 0. The van der Waals surface area contributed by atoms with E-state index in [2.05, 4.69) is 239 Å². The number of fused-ring (bicyclic) bond motifs is 5. The molecule has 4 nitrogen and oxygen atoms in total. The van der Waals surface area contributed by atoms with E-state index in [4.69, 9.17) is 4.42 Å². The van der Waals surface area contributed by atoms with E-state index >= 15 is 0 Å². The van der Waals surface area contributed by atoms with Gasteiger partial charge in [-0.2, -0.15) is 0 Å². The number of anilines is 9. The molecule has 10 rings (SSSR count). The summed E-state index contributed by atoms with van der Waals surface area (Å²) in [7, 11) is 0. The average molecular weight is 720 g/mol. The van der Waals surface area contributed by atoms with Gasteiger partial charge < -0.3 is 19.1 Å². The zero-order valence-corrected chi connectivity index (χ0v) is 30.6. The van der Waals surface area contributed by atoms with Gasteiger partial charge in [0.1, 0.15) is 0 Å². The van der Waals surface area contributed by atoms with E-state index in [0.717, 1.165) is 83.9 Å². The lowest BCUT2D eigenvalue weighted by Crippen LogP contribution is -2.13. The first-order valence-electron chi connectivity index (χ1n) is 18.9. The zero-order valence-electron chi connectivity index (χ0n) is 30.6. The molecule has 0 saturated carbocycles. The fraction of sp³-hybridized carbons (Fsp3) is 0. The Balaban J connectivity index is 1.37. The van der Waals surface area contributed by atoms with Crippen LogP contribution in [-0.2, 0) is 0 Å². The standard InChI is InChI=1S/C52H37N3O/c1-7-22-39(23-8-1)53(40-24-9-2-10-25-40)45-36-47-50-46-34-20-19-21-38(46)35-48(54(41-26-11-3-12-27-41)42-28-13-4-14-29-42)52(50)56-51(47)49(37-45)55(43-30-15-5-16-31-43)44-32-17-6-18-33-44/h1-37H. The van der Waals surface area contributed by atoms with Crippen molar-refractivity contribution in [3.05, 3.63) is 224 Å². The van der Waals surface area contributed by atoms with Crippen molar-refractivity contribution < 1.29 is 4.42 Å². The van der Waals surface area contributed by atoms with E-state index in [1.54, 1.807) is 0 Å². The maximum Gasteiger partial charge on any atom is 0.160 e. The summed E-state index contributed by atoms with van der Waals surface area (Å²) in [5.74, 6) is 0. The third kappa shape index (κ3) is 5.90. The Morgan fingerprint density at radius 3 is 1.05 bits per heavy atom. The molecule has 0 aliphatic rings. The molecule has 0 saturated heterocycles. The summed E-state index contributed by atoms with van der Waals surface area (Å²) in [6, 6.07) is 79.0. The van der Waals surface area contributed by atoms with Gasteiger partial charge in [-0.1, -0.05) is 133 Å². The van der Waals surface area contributed by atoms with E-state index in [-0.39, 0.29) is 0 Å². The van der Waals surface area contributed by atoms with E-state index < -0.39 is 0 Å². The van der Waals surface area contributed by atoms with Crippen LogP contribution in [-0.4, -0.2) is 0 Å². The van der Waals surface area contributed by atoms with Gasteiger partial charge in [-0.3, -0.25) is 0 Å². The van der Waals surface area contributed by atoms with Crippen LogP contribution in [0.1, 0.15) is 0 Å². The number of benzene rings is 9. The first-order valence-corrected chi connectivity index (χ1v) is 18.9. The van der Waals surface area contributed by atoms with Crippen LogP contribution in [0.25, 0.3) is 32.7 Å². The van der Waals surface area contributed by atoms with Crippen LogP contribution in [0.15, 0.2) is 229 Å². The Morgan fingerprint density at radius 1 is 0.268 bits per heavy atom. The summed E-state index contributed by atoms with van der Waals surface area (Å²) in [5, 5.41) is 4.36. The van der Waals surface area contributed by atoms with Crippen LogP contribution < -0.4 is 14.7 Å². The van der Waals surface area contributed by atoms with Gasteiger partial charge in [0.05, 0.1) is 11.4 Å². The van der Waals surface area contributed by atoms with Crippen LogP contribution in [0.4, 0.5) is 51.2 Å². The monoisotopic (exact) mass is 719 g/mol. The van der Waals surface area contributed by atoms with Crippen LogP contribution >= 0.6 is 0 Å². The predicted molar refractivity (Wildman–Crippen MR) is 235 cm³/mol. The minimum absolute atomic E-state index is 0.802. The molecule has 9 aromatic carbocycles. The molecule has 10 aromatic rings. The number of nitrogens with zero attached hydrogens (tertiary/aromatic N) is 3. The maximum absolute atomic E-state index is 7.42. The second kappa shape index (κ2) is 14.3. The first kappa shape index (κ1) is 33.0. The van der Waals surface area contributed by atoms with Crippen LogP contribution in [0, 0.1) is 0 Å². The van der Waals surface area contributed by atoms with Gasteiger partial charge in [0.25, 0.3) is 0 Å². The van der Waals surface area contributed by atoms with Crippen molar-refractivity contribution in [1.82, 2.24) is 0 Å². The summed E-state index contributed by atoms with van der Waals surface area (Å²) < 4.78 is 7.42. The molecule has 0 radical (unpaired) electrons. The quantitative estimate of drug-likeness (QED) is 0.148. The molecule has 0 fully saturated rings. The average Bonchev–Trinajstić information content (AvgIpc) is 3.67. The van der Waals surface area contributed by atoms with Crippen molar-refractivity contribution in [2.45, 2.75) is 0 Å². The Hall–Kier alpha value is -7.56. The minimum Gasteiger partial charge on any atom is -0.452 e. The number of furan rings is 1. The van der Waals surface area contributed by atoms with Crippen LogP contribution in [0.2, 0.25) is 0 Å². The van der Waals surface area contributed by atoms with Crippen molar-refractivity contribution in [2.24, 2.45) is 0 Å². The Morgan fingerprint density at radius 2 is 0.625 bits per heavy atom. The molecule has 0 aliphatic heterocycles. The van der Waals surface area contributed by atoms with E-state index in [9.17, 15) is 0 Å². The molecule has 1 aromatic heterocycles. The summed E-state index contributed by atoms with van der Waals surface area (Å²) in [5.41, 5.74) is 10.8. The largest absolute Gasteiger partial charge is 0.452 e. The number of hydrogen-bond donors (Lipinski definition) is 0. The molecule has 0 bridgehead atoms. The van der Waals surface area contributed by atoms with Crippen molar-refractivity contribution in [3.63, 3.8) is 0 Å². The highest BCUT2D eigenvalue weighted by Crippen LogP contribution is 2.51. The smallest absolute Gasteiger partial charge is 0.160 e. The summed E-state index contributed by atoms with van der Waals surface area (Å²) in [6.07, 6.45) is 0. The highest BCUT2D eigenvalue weighted by atomic mass is 16.3. The lowest BCUT2D eigenvalue weighted by molar-refractivity contribution is 0.669. The summed E-state index contributed by atoms with van der Waals surface area (Å²) in [4.78, 5) is 6.96. The van der Waals surface area contributed by atoms with Crippen LogP contribution in [0.3, 0.4) is 0 Å². The maximum atomic E-state index is 7.42. The molecule has 0 unspecified atom stereocenters. The Bertz CT molecular complexity index is 2780. The number of hydrogen-bond acceptors (Lipinski definition) is 4. The van der Waals surface area contributed by atoms with Gasteiger partial charge in [0.15, 0.2) is 11.2 Å². The highest BCUT2D eigenvalue weighted by molar-refractivity contribution is 6.25. The molecule has 56 heavy (non-hydrogen) atoms. The van der Waals surface area contributed by atoms with Crippen molar-refractivity contribution in [1.29, 1.82) is 0 Å². The molecular formula is C52H37N3O. The Labute approximate surface area is 326 Å². The van der Waals surface area contributed by atoms with Gasteiger partial charge in [-0.15, -0.1) is 0 Å². The molecule has 4 heteroatoms. The number of rotatable bonds is 9. The van der Waals surface area contributed by atoms with Gasteiger partial charge >= 0.3 is 0 Å². The first-order chi connectivity index (χ1) is 27.8. The van der Waals surface area contributed by atoms with Gasteiger partial charge in [0.2, 0.25) is 0 Å². The van der Waals surface area contributed by atoms with Crippen molar-refractivity contribution in [3.8, 4) is 0 Å². The lowest BCUT2D eigenvalue weighted by Gasteiger charge is -2.29. The van der Waals surface area contributed by atoms with Gasteiger partial charge in [-0.05, 0) is 102 Å². The van der Waals surface area contributed by atoms with E-state index in [1.165, 1.54) is 0 Å². The van der Waals surface area contributed by atoms with Crippen molar-refractivity contribution >= 4 is 83.9 Å². The molecule has 266 valence electrons. The third-order valence-corrected chi connectivity index (χ3v) is 10.3. The fourth-order valence-electron chi connectivity index (χ4n) is 7.90. The SMILES string of the molecule is c1ccc(N(c2ccccc2)c2cc(N(c3ccccc3)c3ccccc3)c3oc4c(N(c5ccccc5)c5ccccc5)cc5ccccc5c4c3c2)cc1. The van der Waals surface area contributed by atoms with E-state index in [0.29, 0.717) is 0 Å². The highest BCUT2D eigenvalue weighted by Gasteiger charge is 2.27. The van der Waals surface area contributed by atoms with E-state index in [1.807, 2.05) is 0 Å². The Kier molecular flexibility index (Phi) is 8.47. The molecular weight excluding hydrogens is 683 g/mol. The lowest BCUT2D eigenvalue weighted by atomic mass is 10.00.